The maximum Gasteiger partial charge on any atom is 0.220 e. The van der Waals surface area contributed by atoms with E-state index >= 15 is 0 Å². The van der Waals surface area contributed by atoms with Crippen LogP contribution >= 0.6 is 27.5 Å². The summed E-state index contributed by atoms with van der Waals surface area (Å²) in [6, 6.07) is 15.3. The average molecular weight is 435 g/mol. The lowest BCUT2D eigenvalue weighted by Crippen LogP contribution is -2.23. The first-order chi connectivity index (χ1) is 12.6. The van der Waals surface area contributed by atoms with E-state index in [1.54, 1.807) is 0 Å². The Hall–Kier alpha value is -2.25. The van der Waals surface area contributed by atoms with Crippen LogP contribution in [0.2, 0.25) is 5.02 Å². The Morgan fingerprint density at radius 3 is 2.77 bits per heavy atom. The molecule has 3 rings (SSSR count). The van der Waals surface area contributed by atoms with Crippen LogP contribution in [0.3, 0.4) is 0 Å². The summed E-state index contributed by atoms with van der Waals surface area (Å²) in [6.45, 7) is 0.941. The first kappa shape index (κ1) is 18.5. The van der Waals surface area contributed by atoms with Crippen LogP contribution in [0, 0.1) is 0 Å². The van der Waals surface area contributed by atoms with Crippen LogP contribution in [0.25, 0.3) is 11.4 Å². The van der Waals surface area contributed by atoms with Crippen molar-refractivity contribution in [1.82, 2.24) is 25.5 Å². The maximum atomic E-state index is 12.0. The van der Waals surface area contributed by atoms with Crippen molar-refractivity contribution in [2.24, 2.45) is 0 Å². The molecule has 1 N–H and O–H groups in total. The number of tetrazole rings is 1. The van der Waals surface area contributed by atoms with Crippen LogP contribution in [-0.4, -0.2) is 26.1 Å². The first-order valence-corrected chi connectivity index (χ1v) is 9.33. The Balaban J connectivity index is 1.43. The molecule has 0 aliphatic carbocycles. The Morgan fingerprint density at radius 1 is 1.19 bits per heavy atom. The Bertz CT molecular complexity index is 884. The topological polar surface area (TPSA) is 72.7 Å². The second-order valence-electron chi connectivity index (χ2n) is 5.69. The number of nitrogens with zero attached hydrogens (tertiary/aromatic N) is 4. The summed E-state index contributed by atoms with van der Waals surface area (Å²) >= 11 is 9.50. The van der Waals surface area contributed by atoms with Crippen molar-refractivity contribution in [3.63, 3.8) is 0 Å². The molecule has 0 spiro atoms. The van der Waals surface area contributed by atoms with Gasteiger partial charge in [-0.25, -0.2) is 0 Å². The van der Waals surface area contributed by atoms with Crippen molar-refractivity contribution < 1.29 is 4.79 Å². The highest BCUT2D eigenvalue weighted by Gasteiger charge is 2.07. The number of rotatable bonds is 7. The van der Waals surface area contributed by atoms with E-state index in [1.807, 2.05) is 48.5 Å². The number of aryl methyl sites for hydroxylation is 1. The summed E-state index contributed by atoms with van der Waals surface area (Å²) in [5.74, 6) is 0.548. The number of carbonyl (C=O) groups is 1. The zero-order valence-corrected chi connectivity index (χ0v) is 16.2. The molecule has 6 nitrogen and oxygen atoms in total. The van der Waals surface area contributed by atoms with Crippen LogP contribution in [0.1, 0.15) is 18.4 Å². The zero-order chi connectivity index (χ0) is 18.4. The third-order valence-electron chi connectivity index (χ3n) is 3.74. The SMILES string of the molecule is O=C(CCCn1nnc(-c2ccccc2)n1)NCc1ccc(Br)cc1Cl. The molecule has 134 valence electrons. The largest absolute Gasteiger partial charge is 0.352 e. The van der Waals surface area contributed by atoms with Crippen molar-refractivity contribution in [1.29, 1.82) is 0 Å². The Labute approximate surface area is 164 Å². The van der Waals surface area contributed by atoms with Crippen molar-refractivity contribution >= 4 is 33.4 Å². The van der Waals surface area contributed by atoms with Crippen molar-refractivity contribution in [3.8, 4) is 11.4 Å². The Kier molecular flexibility index (Phi) is 6.35. The molecule has 1 heterocycles. The molecule has 0 fully saturated rings. The smallest absolute Gasteiger partial charge is 0.220 e. The van der Waals surface area contributed by atoms with E-state index in [0.29, 0.717) is 36.8 Å². The highest BCUT2D eigenvalue weighted by Crippen LogP contribution is 2.21. The van der Waals surface area contributed by atoms with Gasteiger partial charge in [0.05, 0.1) is 6.54 Å². The molecule has 0 saturated carbocycles. The average Bonchev–Trinajstić information content (AvgIpc) is 3.11. The third-order valence-corrected chi connectivity index (χ3v) is 4.58. The lowest BCUT2D eigenvalue weighted by molar-refractivity contribution is -0.121. The number of halogens is 2. The van der Waals surface area contributed by atoms with Crippen LogP contribution in [0.5, 0.6) is 0 Å². The molecule has 0 radical (unpaired) electrons. The third kappa shape index (κ3) is 5.12. The summed E-state index contributed by atoms with van der Waals surface area (Å²) in [6.07, 6.45) is 1.01. The summed E-state index contributed by atoms with van der Waals surface area (Å²) < 4.78 is 0.910. The van der Waals surface area contributed by atoms with E-state index in [4.69, 9.17) is 11.6 Å². The number of amides is 1. The fraction of sp³-hybridized carbons (Fsp3) is 0.222. The van der Waals surface area contributed by atoms with Crippen LogP contribution in [-0.2, 0) is 17.9 Å². The molecule has 0 aliphatic rings. The predicted octanol–water partition coefficient (Wildman–Crippen LogP) is 3.85. The lowest BCUT2D eigenvalue weighted by Gasteiger charge is -2.07. The van der Waals surface area contributed by atoms with Gasteiger partial charge in [0.25, 0.3) is 0 Å². The molecule has 1 amide bonds. The molecule has 0 atom stereocenters. The van der Waals surface area contributed by atoms with Gasteiger partial charge < -0.3 is 5.32 Å². The molecular formula is C18H17BrClN5O. The molecule has 0 saturated heterocycles. The number of hydrogen-bond acceptors (Lipinski definition) is 4. The van der Waals surface area contributed by atoms with Gasteiger partial charge in [0, 0.05) is 28.0 Å². The lowest BCUT2D eigenvalue weighted by atomic mass is 10.2. The van der Waals surface area contributed by atoms with E-state index < -0.39 is 0 Å². The molecule has 0 unspecified atom stereocenters. The monoisotopic (exact) mass is 433 g/mol. The summed E-state index contributed by atoms with van der Waals surface area (Å²) in [5, 5.41) is 15.9. The number of nitrogens with one attached hydrogen (secondary N) is 1. The molecule has 1 aromatic heterocycles. The van der Waals surface area contributed by atoms with Crippen LogP contribution < -0.4 is 5.32 Å². The van der Waals surface area contributed by atoms with Gasteiger partial charge in [-0.15, -0.1) is 10.2 Å². The van der Waals surface area contributed by atoms with Gasteiger partial charge in [-0.1, -0.05) is 63.9 Å². The molecule has 2 aromatic carbocycles. The molecule has 0 aliphatic heterocycles. The fourth-order valence-electron chi connectivity index (χ4n) is 2.37. The fourth-order valence-corrected chi connectivity index (χ4v) is 3.11. The maximum absolute atomic E-state index is 12.0. The van der Waals surface area contributed by atoms with Crippen molar-refractivity contribution in [2.45, 2.75) is 25.9 Å². The standard InChI is InChI=1S/C18H17BrClN5O/c19-15-9-8-14(16(20)11-15)12-21-17(26)7-4-10-25-23-18(22-24-25)13-5-2-1-3-6-13/h1-3,5-6,8-9,11H,4,7,10,12H2,(H,21,26). The van der Waals surface area contributed by atoms with E-state index in [2.05, 4.69) is 36.7 Å². The number of aromatic nitrogens is 4. The van der Waals surface area contributed by atoms with Crippen LogP contribution in [0.4, 0.5) is 0 Å². The zero-order valence-electron chi connectivity index (χ0n) is 13.9. The second-order valence-corrected chi connectivity index (χ2v) is 7.01. The predicted molar refractivity (Wildman–Crippen MR) is 103 cm³/mol. The van der Waals surface area contributed by atoms with Crippen molar-refractivity contribution in [2.75, 3.05) is 0 Å². The Morgan fingerprint density at radius 2 is 2.00 bits per heavy atom. The van der Waals surface area contributed by atoms with Gasteiger partial charge in [-0.3, -0.25) is 4.79 Å². The second kappa shape index (κ2) is 8.91. The minimum atomic E-state index is -0.0348. The van der Waals surface area contributed by atoms with E-state index in [9.17, 15) is 4.79 Å². The molecule has 3 aromatic rings. The number of benzene rings is 2. The van der Waals surface area contributed by atoms with Crippen molar-refractivity contribution in [3.05, 3.63) is 63.6 Å². The van der Waals surface area contributed by atoms with Gasteiger partial charge in [0.15, 0.2) is 0 Å². The minimum absolute atomic E-state index is 0.0348. The minimum Gasteiger partial charge on any atom is -0.352 e. The summed E-state index contributed by atoms with van der Waals surface area (Å²) in [7, 11) is 0. The molecule has 0 bridgehead atoms. The van der Waals surface area contributed by atoms with Gasteiger partial charge in [-0.05, 0) is 29.3 Å². The van der Waals surface area contributed by atoms with E-state index in [0.717, 1.165) is 15.6 Å². The van der Waals surface area contributed by atoms with E-state index in [-0.39, 0.29) is 5.91 Å². The normalized spacial score (nSPS) is 10.7. The quantitative estimate of drug-likeness (QED) is 0.613. The molecular weight excluding hydrogens is 418 g/mol. The highest BCUT2D eigenvalue weighted by atomic mass is 79.9. The van der Waals surface area contributed by atoms with Crippen LogP contribution in [0.15, 0.2) is 53.0 Å². The number of hydrogen-bond donors (Lipinski definition) is 1. The number of carbonyl (C=O) groups excluding carboxylic acids is 1. The first-order valence-electron chi connectivity index (χ1n) is 8.15. The van der Waals surface area contributed by atoms with Gasteiger partial charge in [0.2, 0.25) is 11.7 Å². The summed E-state index contributed by atoms with van der Waals surface area (Å²) in [5.41, 5.74) is 1.80. The van der Waals surface area contributed by atoms with Gasteiger partial charge in [0.1, 0.15) is 0 Å². The summed E-state index contributed by atoms with van der Waals surface area (Å²) in [4.78, 5) is 13.5. The van der Waals surface area contributed by atoms with E-state index in [1.165, 1.54) is 4.80 Å². The van der Waals surface area contributed by atoms with Gasteiger partial charge >= 0.3 is 0 Å². The highest BCUT2D eigenvalue weighted by molar-refractivity contribution is 9.10. The van der Waals surface area contributed by atoms with Gasteiger partial charge in [-0.2, -0.15) is 4.80 Å². The molecule has 8 heteroatoms. The molecule has 26 heavy (non-hydrogen) atoms.